The van der Waals surface area contributed by atoms with Gasteiger partial charge in [0.25, 0.3) is 11.8 Å². The predicted octanol–water partition coefficient (Wildman–Crippen LogP) is 2.96. The van der Waals surface area contributed by atoms with Crippen LogP contribution in [0.4, 0.5) is 0 Å². The highest BCUT2D eigenvalue weighted by atomic mass is 16.2. The van der Waals surface area contributed by atoms with Gasteiger partial charge >= 0.3 is 0 Å². The van der Waals surface area contributed by atoms with Crippen LogP contribution in [0.3, 0.4) is 0 Å². The SMILES string of the molecule is CN1C(=O)C(C#N)=C(c2cc3cc4ccccc4c4ccc2n34)C1=O. The third-order valence-corrected chi connectivity index (χ3v) is 4.92. The average Bonchev–Trinajstić information content (AvgIpc) is 3.27. The van der Waals surface area contributed by atoms with Crippen molar-refractivity contribution in [3.63, 3.8) is 0 Å². The number of imide groups is 1. The molecule has 5 rings (SSSR count). The number of likely N-dealkylation sites (N-methyl/N-ethyl adjacent to an activating group) is 1. The van der Waals surface area contributed by atoms with Crippen LogP contribution < -0.4 is 0 Å². The van der Waals surface area contributed by atoms with E-state index >= 15 is 0 Å². The third-order valence-electron chi connectivity index (χ3n) is 4.92. The second-order valence-electron chi connectivity index (χ2n) is 6.18. The minimum atomic E-state index is -0.544. The third kappa shape index (κ3) is 1.56. The molecule has 5 heteroatoms. The van der Waals surface area contributed by atoms with Gasteiger partial charge in [-0.1, -0.05) is 24.3 Å². The fourth-order valence-electron chi connectivity index (χ4n) is 3.74. The van der Waals surface area contributed by atoms with Crippen LogP contribution in [0.15, 0.2) is 54.1 Å². The van der Waals surface area contributed by atoms with Crippen molar-refractivity contribution in [2.75, 3.05) is 7.05 Å². The Kier molecular flexibility index (Phi) is 2.45. The maximum Gasteiger partial charge on any atom is 0.271 e. The summed E-state index contributed by atoms with van der Waals surface area (Å²) in [5.41, 5.74) is 3.53. The van der Waals surface area contributed by atoms with Crippen LogP contribution in [-0.2, 0) is 9.59 Å². The van der Waals surface area contributed by atoms with E-state index in [9.17, 15) is 14.9 Å². The van der Waals surface area contributed by atoms with Gasteiger partial charge in [0, 0.05) is 23.5 Å². The van der Waals surface area contributed by atoms with E-state index in [1.807, 2.05) is 42.5 Å². The van der Waals surface area contributed by atoms with Crippen molar-refractivity contribution in [2.45, 2.75) is 0 Å². The Balaban J connectivity index is 1.92. The van der Waals surface area contributed by atoms with Crippen molar-refractivity contribution < 1.29 is 9.59 Å². The number of carbonyl (C=O) groups is 2. The molecule has 118 valence electrons. The van der Waals surface area contributed by atoms with Crippen molar-refractivity contribution in [1.82, 2.24) is 9.30 Å². The van der Waals surface area contributed by atoms with Gasteiger partial charge in [-0.05, 0) is 29.7 Å². The molecule has 0 aliphatic carbocycles. The minimum absolute atomic E-state index is 0.0916. The Morgan fingerprint density at radius 1 is 0.960 bits per heavy atom. The van der Waals surface area contributed by atoms with E-state index in [-0.39, 0.29) is 11.1 Å². The minimum Gasteiger partial charge on any atom is -0.309 e. The van der Waals surface area contributed by atoms with Crippen LogP contribution >= 0.6 is 0 Å². The topological polar surface area (TPSA) is 65.6 Å². The molecule has 0 atom stereocenters. The number of aromatic nitrogens is 1. The highest BCUT2D eigenvalue weighted by Gasteiger charge is 2.38. The number of pyridine rings is 1. The number of rotatable bonds is 1. The van der Waals surface area contributed by atoms with Crippen LogP contribution in [0.2, 0.25) is 0 Å². The summed E-state index contributed by atoms with van der Waals surface area (Å²) < 4.78 is 2.07. The van der Waals surface area contributed by atoms with Crippen LogP contribution in [0.5, 0.6) is 0 Å². The average molecular weight is 325 g/mol. The molecule has 25 heavy (non-hydrogen) atoms. The summed E-state index contributed by atoms with van der Waals surface area (Å²) in [6, 6.07) is 17.9. The van der Waals surface area contributed by atoms with E-state index in [1.54, 1.807) is 0 Å². The summed E-state index contributed by atoms with van der Waals surface area (Å²) in [6.07, 6.45) is 0. The van der Waals surface area contributed by atoms with Gasteiger partial charge in [0.05, 0.1) is 16.6 Å². The molecule has 0 bridgehead atoms. The van der Waals surface area contributed by atoms with Gasteiger partial charge in [-0.2, -0.15) is 5.26 Å². The molecule has 1 aliphatic rings. The number of nitrogens with zero attached hydrogens (tertiary/aromatic N) is 3. The summed E-state index contributed by atoms with van der Waals surface area (Å²) in [5.74, 6) is -0.975. The number of hydrogen-bond donors (Lipinski definition) is 0. The Bertz CT molecular complexity index is 1300. The lowest BCUT2D eigenvalue weighted by Gasteiger charge is -2.05. The summed E-state index contributed by atoms with van der Waals surface area (Å²) in [6.45, 7) is 0. The summed E-state index contributed by atoms with van der Waals surface area (Å²) in [7, 11) is 1.40. The highest BCUT2D eigenvalue weighted by molar-refractivity contribution is 6.38. The monoisotopic (exact) mass is 325 g/mol. The Hall–Kier alpha value is -3.65. The first-order chi connectivity index (χ1) is 12.1. The van der Waals surface area contributed by atoms with E-state index in [2.05, 4.69) is 16.5 Å². The standard InChI is InChI=1S/C20H11N3O2/c1-22-19(24)15(10-21)18(20(22)25)14-9-12-8-11-4-2-3-5-13(11)16-6-7-17(14)23(12)16/h2-9H,1H3. The maximum absolute atomic E-state index is 12.5. The van der Waals surface area contributed by atoms with Crippen LogP contribution in [-0.4, -0.2) is 28.2 Å². The fourth-order valence-corrected chi connectivity index (χ4v) is 3.74. The lowest BCUT2D eigenvalue weighted by molar-refractivity contribution is -0.135. The van der Waals surface area contributed by atoms with Crippen LogP contribution in [0, 0.1) is 11.3 Å². The zero-order chi connectivity index (χ0) is 17.3. The molecule has 5 nitrogen and oxygen atoms in total. The van der Waals surface area contributed by atoms with Crippen LogP contribution in [0.1, 0.15) is 5.56 Å². The zero-order valence-electron chi connectivity index (χ0n) is 13.3. The lowest BCUT2D eigenvalue weighted by Crippen LogP contribution is -2.26. The van der Waals surface area contributed by atoms with Gasteiger partial charge in [-0.3, -0.25) is 14.5 Å². The summed E-state index contributed by atoms with van der Waals surface area (Å²) in [4.78, 5) is 25.7. The molecular weight excluding hydrogens is 314 g/mol. The highest BCUT2D eigenvalue weighted by Crippen LogP contribution is 2.37. The van der Waals surface area contributed by atoms with E-state index in [4.69, 9.17) is 0 Å². The summed E-state index contributed by atoms with van der Waals surface area (Å²) >= 11 is 0. The number of nitriles is 1. The molecule has 4 heterocycles. The molecule has 0 saturated heterocycles. The molecule has 0 saturated carbocycles. The van der Waals surface area contributed by atoms with Gasteiger partial charge in [0.15, 0.2) is 0 Å². The van der Waals surface area contributed by atoms with Gasteiger partial charge in [0.1, 0.15) is 11.6 Å². The molecule has 0 spiro atoms. The van der Waals surface area contributed by atoms with Crippen molar-refractivity contribution in [3.05, 3.63) is 59.7 Å². The Morgan fingerprint density at radius 3 is 2.52 bits per heavy atom. The molecule has 4 aromatic rings. The van der Waals surface area contributed by atoms with Crippen LogP contribution in [0.25, 0.3) is 32.9 Å². The van der Waals surface area contributed by atoms with Gasteiger partial charge < -0.3 is 4.40 Å². The van der Waals surface area contributed by atoms with Crippen molar-refractivity contribution in [2.24, 2.45) is 0 Å². The second-order valence-corrected chi connectivity index (χ2v) is 6.18. The first-order valence-electron chi connectivity index (χ1n) is 7.84. The lowest BCUT2D eigenvalue weighted by atomic mass is 10.0. The Labute approximate surface area is 142 Å². The number of amides is 2. The summed E-state index contributed by atoms with van der Waals surface area (Å²) in [5, 5.41) is 11.6. The zero-order valence-corrected chi connectivity index (χ0v) is 13.3. The first kappa shape index (κ1) is 13.8. The van der Waals surface area contributed by atoms with E-state index in [0.717, 1.165) is 32.2 Å². The van der Waals surface area contributed by atoms with Gasteiger partial charge in [0.2, 0.25) is 0 Å². The van der Waals surface area contributed by atoms with Crippen molar-refractivity contribution in [3.8, 4) is 6.07 Å². The quantitative estimate of drug-likeness (QED) is 0.505. The van der Waals surface area contributed by atoms with Crippen molar-refractivity contribution in [1.29, 1.82) is 5.26 Å². The number of fused-ring (bicyclic) bond motifs is 2. The molecule has 3 aromatic heterocycles. The van der Waals surface area contributed by atoms with E-state index < -0.39 is 11.8 Å². The Morgan fingerprint density at radius 2 is 1.72 bits per heavy atom. The normalized spacial score (nSPS) is 15.3. The number of benzene rings is 1. The van der Waals surface area contributed by atoms with Gasteiger partial charge in [-0.25, -0.2) is 0 Å². The van der Waals surface area contributed by atoms with E-state index in [1.165, 1.54) is 7.05 Å². The molecule has 1 aromatic carbocycles. The maximum atomic E-state index is 12.5. The predicted molar refractivity (Wildman–Crippen MR) is 93.9 cm³/mol. The molecule has 0 fully saturated rings. The second kappa shape index (κ2) is 4.46. The molecule has 0 N–H and O–H groups in total. The van der Waals surface area contributed by atoms with Gasteiger partial charge in [-0.15, -0.1) is 0 Å². The molecule has 1 aliphatic heterocycles. The number of carbonyl (C=O) groups excluding carboxylic acids is 2. The largest absolute Gasteiger partial charge is 0.309 e. The molecular formula is C20H11N3O2. The molecule has 2 amide bonds. The van der Waals surface area contributed by atoms with Crippen molar-refractivity contribution >= 4 is 44.7 Å². The number of hydrogen-bond acceptors (Lipinski definition) is 3. The smallest absolute Gasteiger partial charge is 0.271 e. The van der Waals surface area contributed by atoms with E-state index in [0.29, 0.717) is 5.56 Å². The molecule has 0 unspecified atom stereocenters. The fraction of sp³-hybridized carbons (Fsp3) is 0.0500. The molecule has 0 radical (unpaired) electrons. The first-order valence-corrected chi connectivity index (χ1v) is 7.84.